The topological polar surface area (TPSA) is 53.4 Å². The standard InChI is InChI=1S/C22H15ClF2N2O3/c23-15-5-3-4-14(11-15)20-16-6-1-2-7-17(16)21(28)27(26-20)12-13-8-9-18-19(10-13)30-22(24,25)29-18/h3-11H,1-2,12H2. The van der Waals surface area contributed by atoms with Gasteiger partial charge in [0.05, 0.1) is 12.2 Å². The summed E-state index contributed by atoms with van der Waals surface area (Å²) in [7, 11) is 0. The summed E-state index contributed by atoms with van der Waals surface area (Å²) in [6, 6.07) is 11.7. The van der Waals surface area contributed by atoms with Crippen molar-refractivity contribution in [3.63, 3.8) is 0 Å². The lowest BCUT2D eigenvalue weighted by Gasteiger charge is -2.12. The van der Waals surface area contributed by atoms with E-state index in [0.717, 1.165) is 23.6 Å². The predicted octanol–water partition coefficient (Wildman–Crippen LogP) is 3.29. The van der Waals surface area contributed by atoms with Crippen LogP contribution in [-0.4, -0.2) is 16.1 Å². The molecule has 0 amide bonds. The normalized spacial score (nSPS) is 15.8. The Hall–Kier alpha value is -3.19. The minimum atomic E-state index is -3.69. The Morgan fingerprint density at radius 2 is 1.80 bits per heavy atom. The average molecular weight is 429 g/mol. The van der Waals surface area contributed by atoms with Crippen molar-refractivity contribution in [2.75, 3.05) is 0 Å². The van der Waals surface area contributed by atoms with Gasteiger partial charge in [-0.3, -0.25) is 4.79 Å². The maximum atomic E-state index is 13.3. The SMILES string of the molecule is O=c1c2c(c(-c3cccc(Cl)c3)nn1Cc1ccc3c(c1)OC(F)(F)O3)=CCCC=2. The van der Waals surface area contributed by atoms with E-state index in [1.54, 1.807) is 18.2 Å². The largest absolute Gasteiger partial charge is 0.586 e. The Morgan fingerprint density at radius 1 is 1.03 bits per heavy atom. The molecule has 30 heavy (non-hydrogen) atoms. The van der Waals surface area contributed by atoms with E-state index in [2.05, 4.69) is 14.6 Å². The van der Waals surface area contributed by atoms with Gasteiger partial charge in [0.1, 0.15) is 0 Å². The zero-order valence-electron chi connectivity index (χ0n) is 15.6. The molecule has 0 N–H and O–H groups in total. The lowest BCUT2D eigenvalue weighted by atomic mass is 10.0. The molecule has 2 heterocycles. The molecule has 0 saturated heterocycles. The van der Waals surface area contributed by atoms with Gasteiger partial charge in [0, 0.05) is 21.0 Å². The molecule has 3 aromatic rings. The quantitative estimate of drug-likeness (QED) is 0.642. The van der Waals surface area contributed by atoms with Crippen LogP contribution in [0.4, 0.5) is 8.78 Å². The maximum Gasteiger partial charge on any atom is 0.586 e. The van der Waals surface area contributed by atoms with Gasteiger partial charge < -0.3 is 9.47 Å². The second-order valence-corrected chi connectivity index (χ2v) is 7.52. The van der Waals surface area contributed by atoms with Gasteiger partial charge in [-0.05, 0) is 42.7 Å². The van der Waals surface area contributed by atoms with Crippen LogP contribution < -0.4 is 25.5 Å². The first-order valence-corrected chi connectivity index (χ1v) is 9.74. The van der Waals surface area contributed by atoms with Crippen molar-refractivity contribution in [2.24, 2.45) is 0 Å². The van der Waals surface area contributed by atoms with E-state index >= 15 is 0 Å². The van der Waals surface area contributed by atoms with E-state index in [1.165, 1.54) is 16.8 Å². The third-order valence-electron chi connectivity index (χ3n) is 4.99. The summed E-state index contributed by atoms with van der Waals surface area (Å²) >= 11 is 6.15. The zero-order valence-corrected chi connectivity index (χ0v) is 16.3. The van der Waals surface area contributed by atoms with E-state index in [-0.39, 0.29) is 23.6 Å². The van der Waals surface area contributed by atoms with Crippen LogP contribution in [0.2, 0.25) is 5.02 Å². The number of alkyl halides is 2. The van der Waals surface area contributed by atoms with E-state index in [0.29, 0.717) is 21.5 Å². The highest BCUT2D eigenvalue weighted by Gasteiger charge is 2.43. The molecular formula is C22H15ClF2N2O3. The van der Waals surface area contributed by atoms with Gasteiger partial charge in [-0.25, -0.2) is 4.68 Å². The Labute approximate surface area is 174 Å². The van der Waals surface area contributed by atoms with Gasteiger partial charge in [-0.1, -0.05) is 42.0 Å². The lowest BCUT2D eigenvalue weighted by Crippen LogP contribution is -2.48. The van der Waals surface area contributed by atoms with E-state index in [4.69, 9.17) is 11.6 Å². The molecule has 1 aliphatic carbocycles. The molecule has 2 aromatic carbocycles. The van der Waals surface area contributed by atoms with Crippen LogP contribution in [0, 0.1) is 0 Å². The molecule has 5 nitrogen and oxygen atoms in total. The third-order valence-corrected chi connectivity index (χ3v) is 5.23. The van der Waals surface area contributed by atoms with Crippen molar-refractivity contribution < 1.29 is 18.3 Å². The number of benzene rings is 2. The fourth-order valence-corrected chi connectivity index (χ4v) is 3.87. The minimum absolute atomic E-state index is 0.0444. The van der Waals surface area contributed by atoms with Crippen molar-refractivity contribution in [3.8, 4) is 22.8 Å². The van der Waals surface area contributed by atoms with E-state index in [1.807, 2.05) is 24.3 Å². The molecule has 2 aliphatic rings. The van der Waals surface area contributed by atoms with Crippen LogP contribution in [-0.2, 0) is 6.54 Å². The Bertz CT molecular complexity index is 1350. The molecule has 0 unspecified atom stereocenters. The Morgan fingerprint density at radius 3 is 2.60 bits per heavy atom. The first-order chi connectivity index (χ1) is 14.4. The summed E-state index contributed by atoms with van der Waals surface area (Å²) in [6.07, 6.45) is 1.81. The zero-order chi connectivity index (χ0) is 20.9. The molecule has 1 aromatic heterocycles. The van der Waals surface area contributed by atoms with Crippen LogP contribution in [0.1, 0.15) is 18.4 Å². The average Bonchev–Trinajstić information content (AvgIpc) is 3.03. The summed E-state index contributed by atoms with van der Waals surface area (Å²) in [6.45, 7) is 0.0930. The van der Waals surface area contributed by atoms with Gasteiger partial charge in [0.2, 0.25) is 0 Å². The van der Waals surface area contributed by atoms with Crippen LogP contribution in [0.3, 0.4) is 0 Å². The maximum absolute atomic E-state index is 13.3. The molecule has 1 aliphatic heterocycles. The highest BCUT2D eigenvalue weighted by Crippen LogP contribution is 2.41. The smallest absolute Gasteiger partial charge is 0.395 e. The van der Waals surface area contributed by atoms with Crippen LogP contribution in [0.5, 0.6) is 11.5 Å². The highest BCUT2D eigenvalue weighted by molar-refractivity contribution is 6.30. The number of aromatic nitrogens is 2. The molecule has 0 spiro atoms. The third kappa shape index (κ3) is 3.35. The first-order valence-electron chi connectivity index (χ1n) is 9.36. The van der Waals surface area contributed by atoms with Gasteiger partial charge in [0.15, 0.2) is 11.5 Å². The molecule has 152 valence electrons. The summed E-state index contributed by atoms with van der Waals surface area (Å²) in [5.74, 6) is -0.115. The monoisotopic (exact) mass is 428 g/mol. The Balaban J connectivity index is 1.62. The number of rotatable bonds is 3. The summed E-state index contributed by atoms with van der Waals surface area (Å²) < 4.78 is 36.9. The van der Waals surface area contributed by atoms with Crippen molar-refractivity contribution in [1.82, 2.24) is 9.78 Å². The molecule has 0 radical (unpaired) electrons. The predicted molar refractivity (Wildman–Crippen MR) is 108 cm³/mol. The molecule has 5 rings (SSSR count). The highest BCUT2D eigenvalue weighted by atomic mass is 35.5. The second-order valence-electron chi connectivity index (χ2n) is 7.08. The molecule has 0 atom stereocenters. The fourth-order valence-electron chi connectivity index (χ4n) is 3.68. The van der Waals surface area contributed by atoms with Gasteiger partial charge >= 0.3 is 6.29 Å². The number of ether oxygens (including phenoxy) is 2. The van der Waals surface area contributed by atoms with Crippen LogP contribution >= 0.6 is 11.6 Å². The lowest BCUT2D eigenvalue weighted by molar-refractivity contribution is -0.286. The van der Waals surface area contributed by atoms with Gasteiger partial charge in [-0.15, -0.1) is 8.78 Å². The molecular weight excluding hydrogens is 414 g/mol. The van der Waals surface area contributed by atoms with Gasteiger partial charge in [0.25, 0.3) is 5.56 Å². The van der Waals surface area contributed by atoms with Crippen LogP contribution in [0.25, 0.3) is 23.4 Å². The number of hydrogen-bond acceptors (Lipinski definition) is 4. The van der Waals surface area contributed by atoms with Crippen molar-refractivity contribution in [1.29, 1.82) is 0 Å². The number of halogens is 3. The van der Waals surface area contributed by atoms with Crippen LogP contribution in [0.15, 0.2) is 47.3 Å². The summed E-state index contributed by atoms with van der Waals surface area (Å²) in [5.41, 5.74) is 1.79. The minimum Gasteiger partial charge on any atom is -0.395 e. The van der Waals surface area contributed by atoms with Crippen molar-refractivity contribution in [3.05, 3.63) is 73.8 Å². The summed E-state index contributed by atoms with van der Waals surface area (Å²) in [4.78, 5) is 13.1. The van der Waals surface area contributed by atoms with E-state index in [9.17, 15) is 13.6 Å². The molecule has 8 heteroatoms. The van der Waals surface area contributed by atoms with Crippen molar-refractivity contribution in [2.45, 2.75) is 25.7 Å². The molecule has 0 saturated carbocycles. The summed E-state index contributed by atoms with van der Waals surface area (Å²) in [5, 5.41) is 6.52. The fraction of sp³-hybridized carbons (Fsp3) is 0.182. The van der Waals surface area contributed by atoms with Crippen molar-refractivity contribution >= 4 is 23.8 Å². The Kier molecular flexibility index (Phi) is 4.36. The number of hydrogen-bond donors (Lipinski definition) is 0. The van der Waals surface area contributed by atoms with Gasteiger partial charge in [-0.2, -0.15) is 5.10 Å². The second kappa shape index (κ2) is 6.95. The van der Waals surface area contributed by atoms with E-state index < -0.39 is 6.29 Å². The number of nitrogens with zero attached hydrogens (tertiary/aromatic N) is 2. The first kappa shape index (κ1) is 18.8. The number of fused-ring (bicyclic) bond motifs is 2. The molecule has 0 fully saturated rings. The molecule has 0 bridgehead atoms.